The van der Waals surface area contributed by atoms with Gasteiger partial charge in [-0.15, -0.1) is 0 Å². The van der Waals surface area contributed by atoms with Gasteiger partial charge in [0.25, 0.3) is 5.89 Å². The second kappa shape index (κ2) is 6.87. The molecule has 5 aromatic rings. The van der Waals surface area contributed by atoms with E-state index in [1.165, 1.54) is 0 Å². The molecule has 0 aliphatic rings. The van der Waals surface area contributed by atoms with Gasteiger partial charge in [0.1, 0.15) is 0 Å². The summed E-state index contributed by atoms with van der Waals surface area (Å²) in [6.45, 7) is 0. The first-order valence-electron chi connectivity index (χ1n) is 8.70. The van der Waals surface area contributed by atoms with Gasteiger partial charge in [-0.3, -0.25) is 0 Å². The molecule has 5 nitrogen and oxygen atoms in total. The van der Waals surface area contributed by atoms with Gasteiger partial charge in [0, 0.05) is 21.5 Å². The van der Waals surface area contributed by atoms with E-state index >= 15 is 0 Å². The summed E-state index contributed by atoms with van der Waals surface area (Å²) in [5, 5.41) is 5.59. The molecule has 0 aliphatic heterocycles. The molecular weight excluding hydrogens is 372 g/mol. The van der Waals surface area contributed by atoms with Gasteiger partial charge in [-0.05, 0) is 30.3 Å². The third-order valence-electron chi connectivity index (χ3n) is 4.35. The number of aromatic nitrogens is 4. The fourth-order valence-electron chi connectivity index (χ4n) is 3.03. The van der Waals surface area contributed by atoms with E-state index in [9.17, 15) is 0 Å². The van der Waals surface area contributed by atoms with Crippen LogP contribution in [-0.4, -0.2) is 20.1 Å². The Morgan fingerprint density at radius 3 is 2.14 bits per heavy atom. The Balaban J connectivity index is 1.69. The molecule has 0 N–H and O–H groups in total. The molecule has 0 atom stereocenters. The van der Waals surface area contributed by atoms with Crippen LogP contribution in [0.15, 0.2) is 83.4 Å². The smallest absolute Gasteiger partial charge is 0.258 e. The van der Waals surface area contributed by atoms with Gasteiger partial charge in [0.2, 0.25) is 11.6 Å². The van der Waals surface area contributed by atoms with E-state index in [2.05, 4.69) is 15.1 Å². The molecule has 0 bridgehead atoms. The van der Waals surface area contributed by atoms with Crippen LogP contribution in [0.4, 0.5) is 0 Å². The molecule has 5 rings (SSSR count). The molecule has 0 amide bonds. The Morgan fingerprint density at radius 1 is 0.679 bits per heavy atom. The van der Waals surface area contributed by atoms with Crippen LogP contribution in [0.25, 0.3) is 45.3 Å². The second-order valence-electron chi connectivity index (χ2n) is 6.21. The van der Waals surface area contributed by atoms with Crippen LogP contribution in [0.2, 0.25) is 5.02 Å². The lowest BCUT2D eigenvalue weighted by atomic mass is 10.1. The van der Waals surface area contributed by atoms with E-state index < -0.39 is 0 Å². The third-order valence-corrected chi connectivity index (χ3v) is 4.59. The van der Waals surface area contributed by atoms with E-state index in [-0.39, 0.29) is 0 Å². The Hall–Kier alpha value is -3.57. The van der Waals surface area contributed by atoms with E-state index in [0.29, 0.717) is 22.6 Å². The summed E-state index contributed by atoms with van der Waals surface area (Å²) in [7, 11) is 0. The van der Waals surface area contributed by atoms with Gasteiger partial charge in [-0.25, -0.2) is 9.97 Å². The summed E-state index contributed by atoms with van der Waals surface area (Å²) < 4.78 is 5.42. The van der Waals surface area contributed by atoms with Crippen LogP contribution in [0.3, 0.4) is 0 Å². The minimum absolute atomic E-state index is 0.341. The molecule has 0 saturated heterocycles. The molecular formula is C22H13ClN4O. The Kier molecular flexibility index (Phi) is 4.07. The van der Waals surface area contributed by atoms with Crippen molar-refractivity contribution in [2.24, 2.45) is 0 Å². The SMILES string of the molecule is Clc1ccc2nc(-c3noc(-c4ccccc4)n3)nc(-c3ccccc3)c2c1. The molecule has 0 unspecified atom stereocenters. The maximum Gasteiger partial charge on any atom is 0.258 e. The zero-order chi connectivity index (χ0) is 18.9. The van der Waals surface area contributed by atoms with E-state index in [1.807, 2.05) is 72.8 Å². The van der Waals surface area contributed by atoms with Crippen molar-refractivity contribution in [2.45, 2.75) is 0 Å². The number of hydrogen-bond acceptors (Lipinski definition) is 5. The first-order chi connectivity index (χ1) is 13.8. The average Bonchev–Trinajstić information content (AvgIpc) is 3.25. The third kappa shape index (κ3) is 3.02. The number of nitrogens with zero attached hydrogens (tertiary/aromatic N) is 4. The Bertz CT molecular complexity index is 1270. The molecule has 0 radical (unpaired) electrons. The first-order valence-corrected chi connectivity index (χ1v) is 9.08. The molecule has 6 heteroatoms. The van der Waals surface area contributed by atoms with Crippen LogP contribution >= 0.6 is 11.6 Å². The van der Waals surface area contributed by atoms with Crippen molar-refractivity contribution in [1.82, 2.24) is 20.1 Å². The van der Waals surface area contributed by atoms with Crippen molar-refractivity contribution in [3.05, 3.63) is 83.9 Å². The highest BCUT2D eigenvalue weighted by Crippen LogP contribution is 2.30. The fraction of sp³-hybridized carbons (Fsp3) is 0. The van der Waals surface area contributed by atoms with Crippen molar-refractivity contribution in [2.75, 3.05) is 0 Å². The van der Waals surface area contributed by atoms with Crippen LogP contribution in [0.1, 0.15) is 0 Å². The lowest BCUT2D eigenvalue weighted by molar-refractivity contribution is 0.432. The standard InChI is InChI=1S/C22H13ClN4O/c23-16-11-12-18-17(13-16)19(14-7-3-1-4-8-14)25-20(24-18)21-26-22(28-27-21)15-9-5-2-6-10-15/h1-13H. The number of fused-ring (bicyclic) bond motifs is 1. The minimum atomic E-state index is 0.341. The van der Waals surface area contributed by atoms with Gasteiger partial charge >= 0.3 is 0 Å². The summed E-state index contributed by atoms with van der Waals surface area (Å²) in [6, 6.07) is 25.0. The summed E-state index contributed by atoms with van der Waals surface area (Å²) in [6.07, 6.45) is 0. The average molecular weight is 385 g/mol. The topological polar surface area (TPSA) is 64.7 Å². The summed E-state index contributed by atoms with van der Waals surface area (Å²) in [5.41, 5.74) is 3.34. The van der Waals surface area contributed by atoms with Crippen LogP contribution in [0.5, 0.6) is 0 Å². The molecule has 28 heavy (non-hydrogen) atoms. The van der Waals surface area contributed by atoms with Gasteiger partial charge in [0.15, 0.2) is 0 Å². The van der Waals surface area contributed by atoms with Crippen molar-refractivity contribution >= 4 is 22.5 Å². The quantitative estimate of drug-likeness (QED) is 0.401. The number of hydrogen-bond donors (Lipinski definition) is 0. The molecule has 0 spiro atoms. The Labute approximate surface area is 165 Å². The van der Waals surface area contributed by atoms with E-state index in [0.717, 1.165) is 27.7 Å². The zero-order valence-corrected chi connectivity index (χ0v) is 15.3. The fourth-order valence-corrected chi connectivity index (χ4v) is 3.20. The molecule has 2 heterocycles. The highest BCUT2D eigenvalue weighted by atomic mass is 35.5. The lowest BCUT2D eigenvalue weighted by Crippen LogP contribution is -1.96. The highest BCUT2D eigenvalue weighted by molar-refractivity contribution is 6.31. The van der Waals surface area contributed by atoms with Crippen LogP contribution < -0.4 is 0 Å². The molecule has 3 aromatic carbocycles. The Morgan fingerprint density at radius 2 is 1.39 bits per heavy atom. The molecule has 0 fully saturated rings. The predicted octanol–water partition coefficient (Wildman–Crippen LogP) is 5.67. The second-order valence-corrected chi connectivity index (χ2v) is 6.65. The van der Waals surface area contributed by atoms with E-state index in [4.69, 9.17) is 21.1 Å². The van der Waals surface area contributed by atoms with Crippen LogP contribution in [0, 0.1) is 0 Å². The van der Waals surface area contributed by atoms with Crippen molar-refractivity contribution < 1.29 is 4.52 Å². The summed E-state index contributed by atoms with van der Waals surface area (Å²) in [4.78, 5) is 13.8. The van der Waals surface area contributed by atoms with Crippen molar-refractivity contribution in [1.29, 1.82) is 0 Å². The number of rotatable bonds is 3. The van der Waals surface area contributed by atoms with Gasteiger partial charge in [-0.2, -0.15) is 4.98 Å². The summed E-state index contributed by atoms with van der Waals surface area (Å²) in [5.74, 6) is 1.17. The normalized spacial score (nSPS) is 11.0. The molecule has 0 aliphatic carbocycles. The summed E-state index contributed by atoms with van der Waals surface area (Å²) >= 11 is 6.21. The number of benzene rings is 3. The van der Waals surface area contributed by atoms with E-state index in [1.54, 1.807) is 6.07 Å². The van der Waals surface area contributed by atoms with Crippen molar-refractivity contribution in [3.8, 4) is 34.4 Å². The van der Waals surface area contributed by atoms with Gasteiger partial charge in [0.05, 0.1) is 11.2 Å². The van der Waals surface area contributed by atoms with Gasteiger partial charge < -0.3 is 4.52 Å². The zero-order valence-electron chi connectivity index (χ0n) is 14.6. The maximum absolute atomic E-state index is 6.21. The monoisotopic (exact) mass is 384 g/mol. The molecule has 0 saturated carbocycles. The number of halogens is 1. The highest BCUT2D eigenvalue weighted by Gasteiger charge is 2.17. The van der Waals surface area contributed by atoms with Crippen molar-refractivity contribution in [3.63, 3.8) is 0 Å². The first kappa shape index (κ1) is 16.6. The maximum atomic E-state index is 6.21. The van der Waals surface area contributed by atoms with Gasteiger partial charge in [-0.1, -0.05) is 65.3 Å². The minimum Gasteiger partial charge on any atom is -0.334 e. The lowest BCUT2D eigenvalue weighted by Gasteiger charge is -2.08. The largest absolute Gasteiger partial charge is 0.334 e. The van der Waals surface area contributed by atoms with Crippen LogP contribution in [-0.2, 0) is 0 Å². The predicted molar refractivity (Wildman–Crippen MR) is 109 cm³/mol. The molecule has 134 valence electrons. The molecule has 2 aromatic heterocycles.